The Hall–Kier alpha value is -3.18. The Morgan fingerprint density at radius 1 is 0.968 bits per heavy atom. The van der Waals surface area contributed by atoms with Crippen molar-refractivity contribution in [2.24, 2.45) is 0 Å². The zero-order chi connectivity index (χ0) is 23.2. The molecule has 0 aliphatic carbocycles. The van der Waals surface area contributed by atoms with E-state index in [0.717, 1.165) is 11.1 Å². The lowest BCUT2D eigenvalue weighted by Gasteiger charge is -2.16. The molecular formula is C19H20F6N4O2. The minimum atomic E-state index is -5.25. The molecular weight excluding hydrogens is 430 g/mol. The highest BCUT2D eigenvalue weighted by Crippen LogP contribution is 2.40. The summed E-state index contributed by atoms with van der Waals surface area (Å²) in [6.45, 7) is 4.36. The van der Waals surface area contributed by atoms with Gasteiger partial charge < -0.3 is 10.1 Å². The lowest BCUT2D eigenvalue weighted by atomic mass is 10.1. The average molecular weight is 450 g/mol. The van der Waals surface area contributed by atoms with Crippen LogP contribution in [0.3, 0.4) is 0 Å². The maximum Gasteiger partial charge on any atom is 0.418 e. The first-order valence-corrected chi connectivity index (χ1v) is 9.01. The molecule has 0 aliphatic rings. The van der Waals surface area contributed by atoms with Crippen molar-refractivity contribution in [3.05, 3.63) is 52.7 Å². The topological polar surface area (TPSA) is 75.3 Å². The Morgan fingerprint density at radius 2 is 1.58 bits per heavy atom. The van der Waals surface area contributed by atoms with Gasteiger partial charge in [0.05, 0.1) is 17.7 Å². The van der Waals surface area contributed by atoms with Crippen LogP contribution in [0.4, 0.5) is 37.0 Å². The van der Waals surface area contributed by atoms with Crippen LogP contribution in [0.2, 0.25) is 0 Å². The van der Waals surface area contributed by atoms with E-state index in [4.69, 9.17) is 4.74 Å². The molecule has 31 heavy (non-hydrogen) atoms. The molecule has 2 amide bonds. The minimum Gasteiger partial charge on any atom is -0.494 e. The highest BCUT2D eigenvalue weighted by atomic mass is 19.4. The summed E-state index contributed by atoms with van der Waals surface area (Å²) in [7, 11) is 0. The molecule has 6 nitrogen and oxygen atoms in total. The summed E-state index contributed by atoms with van der Waals surface area (Å²) < 4.78 is 82.4. The van der Waals surface area contributed by atoms with Gasteiger partial charge in [-0.1, -0.05) is 6.07 Å². The summed E-state index contributed by atoms with van der Waals surface area (Å²) in [4.78, 5) is 14.9. The van der Waals surface area contributed by atoms with Crippen molar-refractivity contribution in [2.45, 2.75) is 32.6 Å². The number of halogens is 6. The summed E-state index contributed by atoms with van der Waals surface area (Å²) in [6, 6.07) is 5.09. The van der Waals surface area contributed by atoms with Crippen LogP contribution in [0.5, 0.6) is 5.75 Å². The Labute approximate surface area is 174 Å². The number of carbonyl (C=O) groups is 1. The zero-order valence-corrected chi connectivity index (χ0v) is 16.5. The van der Waals surface area contributed by atoms with Gasteiger partial charge in [0, 0.05) is 12.7 Å². The predicted octanol–water partition coefficient (Wildman–Crippen LogP) is 4.83. The maximum atomic E-state index is 12.9. The number of nitrogens with zero attached hydrogens (tertiary/aromatic N) is 1. The minimum absolute atomic E-state index is 0.0507. The van der Waals surface area contributed by atoms with Gasteiger partial charge in [-0.2, -0.15) is 26.3 Å². The Kier molecular flexibility index (Phi) is 7.58. The van der Waals surface area contributed by atoms with Gasteiger partial charge >= 0.3 is 18.4 Å². The molecule has 2 rings (SSSR count). The number of ether oxygens (including phenoxy) is 1. The van der Waals surface area contributed by atoms with E-state index in [0.29, 0.717) is 18.8 Å². The number of hydrazine groups is 1. The molecule has 2 aromatic rings. The molecule has 170 valence electrons. The number of hydrogen-bond acceptors (Lipinski definition) is 4. The number of carbonyl (C=O) groups excluding carboxylic acids is 1. The number of pyridine rings is 1. The van der Waals surface area contributed by atoms with E-state index in [1.54, 1.807) is 0 Å². The highest BCUT2D eigenvalue weighted by molar-refractivity contribution is 5.75. The molecule has 3 N–H and O–H groups in total. The molecule has 0 fully saturated rings. The summed E-state index contributed by atoms with van der Waals surface area (Å²) in [5.74, 6) is 0.0890. The van der Waals surface area contributed by atoms with Crippen molar-refractivity contribution in [2.75, 3.05) is 18.6 Å². The van der Waals surface area contributed by atoms with Gasteiger partial charge in [0.15, 0.2) is 0 Å². The van der Waals surface area contributed by atoms with Gasteiger partial charge in [0.2, 0.25) is 0 Å². The fourth-order valence-electron chi connectivity index (χ4n) is 2.63. The molecule has 0 bridgehead atoms. The van der Waals surface area contributed by atoms with Gasteiger partial charge in [0.1, 0.15) is 11.6 Å². The molecule has 0 aliphatic heterocycles. The van der Waals surface area contributed by atoms with Crippen LogP contribution in [-0.4, -0.2) is 24.2 Å². The van der Waals surface area contributed by atoms with E-state index in [2.05, 4.69) is 10.3 Å². The van der Waals surface area contributed by atoms with Crippen LogP contribution in [0.15, 0.2) is 30.5 Å². The van der Waals surface area contributed by atoms with Gasteiger partial charge in [-0.05, 0) is 49.6 Å². The van der Waals surface area contributed by atoms with E-state index in [-0.39, 0.29) is 18.8 Å². The molecule has 12 heteroatoms. The average Bonchev–Trinajstić information content (AvgIpc) is 2.63. The lowest BCUT2D eigenvalue weighted by Crippen LogP contribution is -2.40. The third-order valence-electron chi connectivity index (χ3n) is 3.89. The summed E-state index contributed by atoms with van der Waals surface area (Å²) in [6.07, 6.45) is -9.98. The fourth-order valence-corrected chi connectivity index (χ4v) is 2.63. The number of alkyl halides is 6. The number of aryl methyl sites for hydroxylation is 2. The van der Waals surface area contributed by atoms with Gasteiger partial charge in [-0.15, -0.1) is 0 Å². The largest absolute Gasteiger partial charge is 0.494 e. The number of rotatable bonds is 7. The normalized spacial score (nSPS) is 11.7. The van der Waals surface area contributed by atoms with Crippen molar-refractivity contribution < 1.29 is 35.9 Å². The third-order valence-corrected chi connectivity index (χ3v) is 3.89. The number of amides is 2. The Morgan fingerprint density at radius 3 is 2.16 bits per heavy atom. The second-order valence-corrected chi connectivity index (χ2v) is 6.64. The maximum absolute atomic E-state index is 12.9. The number of urea groups is 1. The van der Waals surface area contributed by atoms with Crippen LogP contribution in [-0.2, 0) is 12.4 Å². The number of hydrogen-bond donors (Lipinski definition) is 3. The second kappa shape index (κ2) is 9.75. The monoisotopic (exact) mass is 450 g/mol. The van der Waals surface area contributed by atoms with Crippen molar-refractivity contribution >= 4 is 11.8 Å². The molecule has 0 radical (unpaired) electrons. The predicted molar refractivity (Wildman–Crippen MR) is 100 cm³/mol. The van der Waals surface area contributed by atoms with E-state index >= 15 is 0 Å². The SMILES string of the molecule is Cc1cc(C)cc(OCCCNC(=O)NNc2cc(C(F)(F)F)c(C(F)(F)F)cn2)c1. The third kappa shape index (κ3) is 7.54. The van der Waals surface area contributed by atoms with Gasteiger partial charge in [-0.3, -0.25) is 10.9 Å². The van der Waals surface area contributed by atoms with Crippen LogP contribution in [0.1, 0.15) is 28.7 Å². The molecule has 1 heterocycles. The molecule has 0 saturated carbocycles. The highest BCUT2D eigenvalue weighted by Gasteiger charge is 2.43. The number of nitrogens with one attached hydrogen (secondary N) is 3. The smallest absolute Gasteiger partial charge is 0.418 e. The van der Waals surface area contributed by atoms with Crippen molar-refractivity contribution in [1.29, 1.82) is 0 Å². The van der Waals surface area contributed by atoms with Crippen molar-refractivity contribution in [1.82, 2.24) is 15.7 Å². The van der Waals surface area contributed by atoms with Crippen LogP contribution >= 0.6 is 0 Å². The summed E-state index contributed by atoms with van der Waals surface area (Å²) in [5, 5.41) is 2.42. The first-order valence-electron chi connectivity index (χ1n) is 9.01. The van der Waals surface area contributed by atoms with Gasteiger partial charge in [-0.25, -0.2) is 9.78 Å². The standard InChI is InChI=1S/C19H20F6N4O2/c1-11-6-12(2)8-13(7-11)31-5-3-4-26-17(30)29-28-16-9-14(18(20,21)22)15(10-27-16)19(23,24)25/h6-10H,3-5H2,1-2H3,(H,27,28)(H2,26,29,30). The van der Waals surface area contributed by atoms with Crippen molar-refractivity contribution in [3.63, 3.8) is 0 Å². The van der Waals surface area contributed by atoms with Gasteiger partial charge in [0.25, 0.3) is 0 Å². The quantitative estimate of drug-likeness (QED) is 0.321. The molecule has 1 aromatic heterocycles. The Bertz CT molecular complexity index is 895. The fraction of sp³-hybridized carbons (Fsp3) is 0.368. The second-order valence-electron chi connectivity index (χ2n) is 6.64. The van der Waals surface area contributed by atoms with E-state index in [1.807, 2.05) is 42.9 Å². The van der Waals surface area contributed by atoms with Crippen LogP contribution < -0.4 is 20.9 Å². The van der Waals surface area contributed by atoms with Crippen molar-refractivity contribution in [3.8, 4) is 5.75 Å². The van der Waals surface area contributed by atoms with Crippen LogP contribution in [0.25, 0.3) is 0 Å². The lowest BCUT2D eigenvalue weighted by molar-refractivity contribution is -0.162. The summed E-state index contributed by atoms with van der Waals surface area (Å²) >= 11 is 0. The zero-order valence-electron chi connectivity index (χ0n) is 16.5. The summed E-state index contributed by atoms with van der Waals surface area (Å²) in [5.41, 5.74) is 2.31. The van der Waals surface area contributed by atoms with E-state index in [9.17, 15) is 31.1 Å². The molecule has 0 unspecified atom stereocenters. The molecule has 1 aromatic carbocycles. The molecule has 0 spiro atoms. The molecule has 0 atom stereocenters. The number of aromatic nitrogens is 1. The Balaban J connectivity index is 1.80. The first kappa shape index (κ1) is 24.1. The number of benzene rings is 1. The number of anilines is 1. The molecule has 0 saturated heterocycles. The van der Waals surface area contributed by atoms with E-state index in [1.165, 1.54) is 0 Å². The first-order chi connectivity index (χ1) is 14.4. The van der Waals surface area contributed by atoms with E-state index < -0.39 is 35.3 Å². The van der Waals surface area contributed by atoms with Crippen LogP contribution in [0, 0.1) is 13.8 Å².